The molecule has 1 aliphatic rings. The fourth-order valence-electron chi connectivity index (χ4n) is 4.41. The summed E-state index contributed by atoms with van der Waals surface area (Å²) in [6.07, 6.45) is 2.20. The Bertz CT molecular complexity index is 1560. The normalized spacial score (nSPS) is 14.2. The lowest BCUT2D eigenvalue weighted by Crippen LogP contribution is -2.21. The van der Waals surface area contributed by atoms with Crippen molar-refractivity contribution in [3.8, 4) is 29.1 Å². The van der Waals surface area contributed by atoms with Gasteiger partial charge in [-0.3, -0.25) is 14.6 Å². The maximum absolute atomic E-state index is 12.9. The summed E-state index contributed by atoms with van der Waals surface area (Å²) in [5, 5.41) is 20.0. The van der Waals surface area contributed by atoms with Crippen molar-refractivity contribution >= 4 is 22.7 Å². The summed E-state index contributed by atoms with van der Waals surface area (Å²) >= 11 is 0. The number of aromatic nitrogens is 1. The number of carbonyl (C=O) groups is 2. The minimum atomic E-state index is -0.957. The largest absolute Gasteiger partial charge is 0.494 e. The molecule has 8 nitrogen and oxygen atoms in total. The Morgan fingerprint density at radius 3 is 2.68 bits per heavy atom. The van der Waals surface area contributed by atoms with Crippen LogP contribution in [0.3, 0.4) is 0 Å². The van der Waals surface area contributed by atoms with Crippen molar-refractivity contribution in [1.29, 1.82) is 5.26 Å². The molecule has 0 spiro atoms. The maximum atomic E-state index is 12.9. The molecule has 0 fully saturated rings. The molecule has 2 heterocycles. The third kappa shape index (κ3) is 4.80. The number of aliphatic carboxylic acids is 1. The van der Waals surface area contributed by atoms with Crippen molar-refractivity contribution in [2.75, 3.05) is 13.7 Å². The fourth-order valence-corrected chi connectivity index (χ4v) is 4.41. The number of nitrogens with zero attached hydrogens (tertiary/aromatic N) is 2. The molecule has 0 saturated carbocycles. The summed E-state index contributed by atoms with van der Waals surface area (Å²) in [7, 11) is 1.59. The van der Waals surface area contributed by atoms with Crippen LogP contribution in [0.15, 0.2) is 66.9 Å². The highest BCUT2D eigenvalue weighted by molar-refractivity contribution is 5.98. The standard InChI is InChI=1S/C29H22N2O6/c1-35-25-4-2-3-19-11-17(16-31-28(19)25)12-24(32)18-5-7-21(8-6-18)37-26-14-27-23(13-20(26)15-30)22(29(33)34)9-10-36-27/h2-8,11,13-14,16,22H,9-10,12H2,1H3,(H,33,34). The van der Waals surface area contributed by atoms with Crippen molar-refractivity contribution in [2.45, 2.75) is 18.8 Å². The van der Waals surface area contributed by atoms with E-state index in [-0.39, 0.29) is 30.1 Å². The molecular weight excluding hydrogens is 472 g/mol. The number of hydrogen-bond acceptors (Lipinski definition) is 7. The van der Waals surface area contributed by atoms with Gasteiger partial charge >= 0.3 is 5.97 Å². The van der Waals surface area contributed by atoms with E-state index in [2.05, 4.69) is 11.1 Å². The Morgan fingerprint density at radius 2 is 1.95 bits per heavy atom. The van der Waals surface area contributed by atoms with E-state index < -0.39 is 11.9 Å². The lowest BCUT2D eigenvalue weighted by atomic mass is 9.91. The van der Waals surface area contributed by atoms with Crippen LogP contribution in [-0.2, 0) is 11.2 Å². The Balaban J connectivity index is 1.32. The Labute approximate surface area is 212 Å². The maximum Gasteiger partial charge on any atom is 0.311 e. The summed E-state index contributed by atoms with van der Waals surface area (Å²) < 4.78 is 16.9. The van der Waals surface area contributed by atoms with Gasteiger partial charge in [0.15, 0.2) is 5.78 Å². The van der Waals surface area contributed by atoms with E-state index in [0.717, 1.165) is 16.5 Å². The predicted molar refractivity (Wildman–Crippen MR) is 134 cm³/mol. The van der Waals surface area contributed by atoms with E-state index in [9.17, 15) is 20.0 Å². The minimum absolute atomic E-state index is 0.0739. The molecule has 184 valence electrons. The number of pyridine rings is 1. The molecule has 0 bridgehead atoms. The molecule has 1 aliphatic heterocycles. The number of Topliss-reactive ketones (excluding diaryl/α,β-unsaturated/α-hetero) is 1. The van der Waals surface area contributed by atoms with Gasteiger partial charge < -0.3 is 19.3 Å². The number of ether oxygens (including phenoxy) is 3. The first-order valence-electron chi connectivity index (χ1n) is 11.6. The van der Waals surface area contributed by atoms with Crippen molar-refractivity contribution in [3.05, 3.63) is 89.1 Å². The first-order chi connectivity index (χ1) is 18.0. The zero-order valence-electron chi connectivity index (χ0n) is 19.9. The van der Waals surface area contributed by atoms with Crippen LogP contribution in [-0.4, -0.2) is 35.6 Å². The average Bonchev–Trinajstić information content (AvgIpc) is 2.92. The lowest BCUT2D eigenvalue weighted by molar-refractivity contribution is -0.139. The van der Waals surface area contributed by atoms with Crippen molar-refractivity contribution in [1.82, 2.24) is 4.98 Å². The minimum Gasteiger partial charge on any atom is -0.494 e. The van der Waals surface area contributed by atoms with Crippen LogP contribution in [0.1, 0.15) is 39.4 Å². The summed E-state index contributed by atoms with van der Waals surface area (Å²) in [6.45, 7) is 0.270. The Hall–Kier alpha value is -4.90. The number of nitriles is 1. The number of para-hydroxylation sites is 1. The Kier molecular flexibility index (Phi) is 6.43. The van der Waals surface area contributed by atoms with Gasteiger partial charge in [0.1, 0.15) is 34.6 Å². The zero-order valence-corrected chi connectivity index (χ0v) is 19.9. The smallest absolute Gasteiger partial charge is 0.311 e. The predicted octanol–water partition coefficient (Wildman–Crippen LogP) is 5.28. The Morgan fingerprint density at radius 1 is 1.14 bits per heavy atom. The van der Waals surface area contributed by atoms with Crippen LogP contribution >= 0.6 is 0 Å². The molecule has 37 heavy (non-hydrogen) atoms. The van der Waals surface area contributed by atoms with E-state index in [0.29, 0.717) is 34.8 Å². The van der Waals surface area contributed by atoms with Gasteiger partial charge in [-0.1, -0.05) is 12.1 Å². The van der Waals surface area contributed by atoms with Crippen LogP contribution in [0.2, 0.25) is 0 Å². The molecule has 3 aromatic carbocycles. The summed E-state index contributed by atoms with van der Waals surface area (Å²) in [5.41, 5.74) is 2.71. The van der Waals surface area contributed by atoms with Gasteiger partial charge in [0, 0.05) is 35.2 Å². The molecule has 0 saturated heterocycles. The number of ketones is 1. The first kappa shape index (κ1) is 23.8. The van der Waals surface area contributed by atoms with Crippen LogP contribution in [0, 0.1) is 11.3 Å². The van der Waals surface area contributed by atoms with Gasteiger partial charge in [-0.2, -0.15) is 5.26 Å². The second-order valence-corrected chi connectivity index (χ2v) is 8.63. The molecule has 0 amide bonds. The number of hydrogen-bond donors (Lipinski definition) is 1. The number of carboxylic acid groups (broad SMARTS) is 1. The lowest BCUT2D eigenvalue weighted by Gasteiger charge is -2.24. The molecular formula is C29H22N2O6. The second kappa shape index (κ2) is 9.99. The molecule has 8 heteroatoms. The van der Waals surface area contributed by atoms with Crippen molar-refractivity contribution in [3.63, 3.8) is 0 Å². The van der Waals surface area contributed by atoms with E-state index in [1.807, 2.05) is 24.3 Å². The zero-order chi connectivity index (χ0) is 25.9. The number of rotatable bonds is 7. The van der Waals surface area contributed by atoms with Gasteiger partial charge in [0.2, 0.25) is 0 Å². The van der Waals surface area contributed by atoms with E-state index >= 15 is 0 Å². The highest BCUT2D eigenvalue weighted by atomic mass is 16.5. The number of carbonyl (C=O) groups excluding carboxylic acids is 1. The fraction of sp³-hybridized carbons (Fsp3) is 0.172. The third-order valence-corrected chi connectivity index (χ3v) is 6.29. The van der Waals surface area contributed by atoms with Crippen LogP contribution < -0.4 is 14.2 Å². The molecule has 0 radical (unpaired) electrons. The van der Waals surface area contributed by atoms with Gasteiger partial charge in [-0.15, -0.1) is 0 Å². The topological polar surface area (TPSA) is 119 Å². The molecule has 1 atom stereocenters. The summed E-state index contributed by atoms with van der Waals surface area (Å²) in [4.78, 5) is 28.9. The number of benzene rings is 3. The average molecular weight is 495 g/mol. The molecule has 5 rings (SSSR count). The molecule has 1 unspecified atom stereocenters. The van der Waals surface area contributed by atoms with Crippen molar-refractivity contribution in [2.24, 2.45) is 0 Å². The van der Waals surface area contributed by atoms with Gasteiger partial charge in [0.25, 0.3) is 0 Å². The van der Waals surface area contributed by atoms with Crippen LogP contribution in [0.5, 0.6) is 23.0 Å². The van der Waals surface area contributed by atoms with Gasteiger partial charge in [0.05, 0.1) is 25.2 Å². The number of fused-ring (bicyclic) bond motifs is 2. The van der Waals surface area contributed by atoms with Gasteiger partial charge in [-0.05, 0) is 54.4 Å². The molecule has 1 aromatic heterocycles. The van der Waals surface area contributed by atoms with E-state index in [1.54, 1.807) is 43.6 Å². The first-order valence-corrected chi connectivity index (χ1v) is 11.6. The van der Waals surface area contributed by atoms with Gasteiger partial charge in [-0.25, -0.2) is 0 Å². The third-order valence-electron chi connectivity index (χ3n) is 6.29. The highest BCUT2D eigenvalue weighted by Crippen LogP contribution is 2.39. The van der Waals surface area contributed by atoms with Crippen LogP contribution in [0.4, 0.5) is 0 Å². The van der Waals surface area contributed by atoms with Crippen LogP contribution in [0.25, 0.3) is 10.9 Å². The van der Waals surface area contributed by atoms with Crippen molar-refractivity contribution < 1.29 is 28.9 Å². The monoisotopic (exact) mass is 494 g/mol. The second-order valence-electron chi connectivity index (χ2n) is 8.63. The molecule has 0 aliphatic carbocycles. The molecule has 1 N–H and O–H groups in total. The summed E-state index contributed by atoms with van der Waals surface area (Å²) in [5.74, 6) is -0.00680. The quantitative estimate of drug-likeness (QED) is 0.345. The SMILES string of the molecule is COc1cccc2cc(CC(=O)c3ccc(Oc4cc5c(cc4C#N)C(C(=O)O)CCO5)cc3)cnc12. The number of carboxylic acids is 1. The van der Waals surface area contributed by atoms with E-state index in [4.69, 9.17) is 14.2 Å². The summed E-state index contributed by atoms with van der Waals surface area (Å²) in [6, 6.07) is 19.3. The molecule has 4 aromatic rings. The number of methoxy groups -OCH3 is 1. The van der Waals surface area contributed by atoms with E-state index in [1.165, 1.54) is 6.07 Å². The highest BCUT2D eigenvalue weighted by Gasteiger charge is 2.29.